The van der Waals surface area contributed by atoms with Crippen LogP contribution >= 0.6 is 0 Å². The Morgan fingerprint density at radius 2 is 1.74 bits per heavy atom. The molecule has 0 aliphatic heterocycles. The number of nitrogens with one attached hydrogen (secondary N) is 1. The van der Waals surface area contributed by atoms with E-state index in [9.17, 15) is 4.79 Å². The molecule has 3 N–H and O–H groups in total. The molecule has 0 aromatic heterocycles. The van der Waals surface area contributed by atoms with Crippen molar-refractivity contribution in [3.8, 4) is 0 Å². The number of hydrogen-bond donors (Lipinski definition) is 2. The van der Waals surface area contributed by atoms with Crippen LogP contribution in [0.5, 0.6) is 0 Å². The van der Waals surface area contributed by atoms with Gasteiger partial charge in [0.2, 0.25) is 5.91 Å². The quantitative estimate of drug-likeness (QED) is 0.536. The van der Waals surface area contributed by atoms with Crippen LogP contribution in [0.1, 0.15) is 59.3 Å². The summed E-state index contributed by atoms with van der Waals surface area (Å²) in [6.45, 7) is 8.70. The summed E-state index contributed by atoms with van der Waals surface area (Å²) in [4.78, 5) is 12.3. The van der Waals surface area contributed by atoms with Gasteiger partial charge < -0.3 is 15.8 Å². The Labute approximate surface area is 118 Å². The van der Waals surface area contributed by atoms with Gasteiger partial charge in [0.15, 0.2) is 0 Å². The highest BCUT2D eigenvalue weighted by molar-refractivity contribution is 5.82. The average molecular weight is 272 g/mol. The third-order valence-corrected chi connectivity index (χ3v) is 3.50. The van der Waals surface area contributed by atoms with Gasteiger partial charge in [0.05, 0.1) is 12.0 Å². The second kappa shape index (κ2) is 11.2. The maximum Gasteiger partial charge on any atom is 0.227 e. The van der Waals surface area contributed by atoms with Crippen molar-refractivity contribution in [1.29, 1.82) is 0 Å². The Morgan fingerprint density at radius 1 is 1.11 bits per heavy atom. The summed E-state index contributed by atoms with van der Waals surface area (Å²) in [5, 5.41) is 2.98. The lowest BCUT2D eigenvalue weighted by Gasteiger charge is -2.30. The van der Waals surface area contributed by atoms with E-state index in [1.165, 1.54) is 0 Å². The lowest BCUT2D eigenvalue weighted by atomic mass is 9.78. The number of ether oxygens (including phenoxy) is 1. The van der Waals surface area contributed by atoms with Gasteiger partial charge >= 0.3 is 0 Å². The van der Waals surface area contributed by atoms with Crippen LogP contribution < -0.4 is 11.1 Å². The fraction of sp³-hybridized carbons (Fsp3) is 0.933. The van der Waals surface area contributed by atoms with Gasteiger partial charge in [-0.3, -0.25) is 4.79 Å². The van der Waals surface area contributed by atoms with Crippen molar-refractivity contribution in [2.45, 2.75) is 59.3 Å². The van der Waals surface area contributed by atoms with E-state index in [0.717, 1.165) is 45.1 Å². The fourth-order valence-electron chi connectivity index (χ4n) is 2.38. The minimum absolute atomic E-state index is 0.0952. The molecular formula is C15H32N2O2. The van der Waals surface area contributed by atoms with E-state index < -0.39 is 0 Å². The molecule has 0 fully saturated rings. The van der Waals surface area contributed by atoms with Crippen LogP contribution in [0.2, 0.25) is 0 Å². The molecule has 0 aliphatic carbocycles. The number of unbranched alkanes of at least 4 members (excludes halogenated alkanes) is 1. The van der Waals surface area contributed by atoms with E-state index in [1.807, 2.05) is 0 Å². The zero-order valence-electron chi connectivity index (χ0n) is 13.0. The summed E-state index contributed by atoms with van der Waals surface area (Å²) in [5.74, 6) is 0.0952. The van der Waals surface area contributed by atoms with Gasteiger partial charge in [-0.1, -0.05) is 40.0 Å². The van der Waals surface area contributed by atoms with Crippen LogP contribution in [-0.2, 0) is 9.53 Å². The lowest BCUT2D eigenvalue weighted by Crippen LogP contribution is -2.46. The maximum absolute atomic E-state index is 12.3. The second-order valence-corrected chi connectivity index (χ2v) is 5.21. The van der Waals surface area contributed by atoms with Crippen molar-refractivity contribution in [3.63, 3.8) is 0 Å². The fourth-order valence-corrected chi connectivity index (χ4v) is 2.38. The lowest BCUT2D eigenvalue weighted by molar-refractivity contribution is -0.131. The van der Waals surface area contributed by atoms with Crippen molar-refractivity contribution < 1.29 is 9.53 Å². The van der Waals surface area contributed by atoms with Crippen molar-refractivity contribution in [1.82, 2.24) is 5.32 Å². The molecule has 1 amide bonds. The Kier molecular flexibility index (Phi) is 10.9. The van der Waals surface area contributed by atoms with Crippen molar-refractivity contribution in [2.24, 2.45) is 11.1 Å². The Morgan fingerprint density at radius 3 is 2.21 bits per heavy atom. The largest absolute Gasteiger partial charge is 0.380 e. The van der Waals surface area contributed by atoms with Crippen LogP contribution in [0.3, 0.4) is 0 Å². The molecule has 0 spiro atoms. The van der Waals surface area contributed by atoms with Gasteiger partial charge in [-0.15, -0.1) is 0 Å². The standard InChI is InChI=1S/C15H32N2O2/c1-4-7-11-19-12-10-17-14(18)15(13-16,8-5-2)9-6-3/h4-13,16H2,1-3H3,(H,17,18). The second-order valence-electron chi connectivity index (χ2n) is 5.21. The van der Waals surface area contributed by atoms with E-state index in [-0.39, 0.29) is 11.3 Å². The van der Waals surface area contributed by atoms with E-state index in [1.54, 1.807) is 0 Å². The summed E-state index contributed by atoms with van der Waals surface area (Å²) < 4.78 is 5.44. The monoisotopic (exact) mass is 272 g/mol. The van der Waals surface area contributed by atoms with Crippen molar-refractivity contribution in [3.05, 3.63) is 0 Å². The molecule has 0 unspecified atom stereocenters. The molecule has 0 radical (unpaired) electrons. The summed E-state index contributed by atoms with van der Waals surface area (Å²) in [5.41, 5.74) is 5.48. The molecule has 0 aromatic rings. The number of carbonyl (C=O) groups excluding carboxylic acids is 1. The molecule has 4 heteroatoms. The minimum Gasteiger partial charge on any atom is -0.380 e. The molecular weight excluding hydrogens is 240 g/mol. The highest BCUT2D eigenvalue weighted by Gasteiger charge is 2.34. The number of rotatable bonds is 12. The molecule has 19 heavy (non-hydrogen) atoms. The third kappa shape index (κ3) is 6.92. The van der Waals surface area contributed by atoms with Gasteiger partial charge in [0.25, 0.3) is 0 Å². The van der Waals surface area contributed by atoms with Crippen LogP contribution in [0.25, 0.3) is 0 Å². The van der Waals surface area contributed by atoms with Gasteiger partial charge in [0, 0.05) is 19.7 Å². The summed E-state index contributed by atoms with van der Waals surface area (Å²) in [6.07, 6.45) is 5.90. The molecule has 0 saturated heterocycles. The molecule has 0 atom stereocenters. The predicted molar refractivity (Wildman–Crippen MR) is 80.0 cm³/mol. The topological polar surface area (TPSA) is 64.3 Å². The van der Waals surface area contributed by atoms with Crippen molar-refractivity contribution >= 4 is 5.91 Å². The molecule has 0 rings (SSSR count). The van der Waals surface area contributed by atoms with Gasteiger partial charge in [-0.2, -0.15) is 0 Å². The molecule has 0 saturated carbocycles. The zero-order chi connectivity index (χ0) is 14.6. The Hall–Kier alpha value is -0.610. The first-order chi connectivity index (χ1) is 9.16. The summed E-state index contributed by atoms with van der Waals surface area (Å²) in [6, 6.07) is 0. The number of hydrogen-bond acceptors (Lipinski definition) is 3. The molecule has 4 nitrogen and oxygen atoms in total. The van der Waals surface area contributed by atoms with Crippen LogP contribution in [-0.4, -0.2) is 32.2 Å². The Balaban J connectivity index is 4.10. The van der Waals surface area contributed by atoms with Gasteiger partial charge in [-0.25, -0.2) is 0 Å². The van der Waals surface area contributed by atoms with Crippen LogP contribution in [0.15, 0.2) is 0 Å². The highest BCUT2D eigenvalue weighted by Crippen LogP contribution is 2.28. The van der Waals surface area contributed by atoms with Crippen LogP contribution in [0.4, 0.5) is 0 Å². The first-order valence-corrected chi connectivity index (χ1v) is 7.73. The Bertz CT molecular complexity index is 226. The number of nitrogens with two attached hydrogens (primary N) is 1. The molecule has 114 valence electrons. The third-order valence-electron chi connectivity index (χ3n) is 3.50. The van der Waals surface area contributed by atoms with E-state index in [0.29, 0.717) is 19.7 Å². The first kappa shape index (κ1) is 18.4. The van der Waals surface area contributed by atoms with Crippen LogP contribution in [0, 0.1) is 5.41 Å². The summed E-state index contributed by atoms with van der Waals surface area (Å²) >= 11 is 0. The van der Waals surface area contributed by atoms with Gasteiger partial charge in [0.1, 0.15) is 0 Å². The maximum atomic E-state index is 12.3. The zero-order valence-corrected chi connectivity index (χ0v) is 13.0. The SMILES string of the molecule is CCCCOCCNC(=O)C(CN)(CCC)CCC. The highest BCUT2D eigenvalue weighted by atomic mass is 16.5. The van der Waals surface area contributed by atoms with Gasteiger partial charge in [-0.05, 0) is 19.3 Å². The molecule has 0 aliphatic rings. The summed E-state index contributed by atoms with van der Waals surface area (Å²) in [7, 11) is 0. The van der Waals surface area contributed by atoms with E-state index in [2.05, 4.69) is 26.1 Å². The first-order valence-electron chi connectivity index (χ1n) is 7.73. The predicted octanol–water partition coefficient (Wildman–Crippen LogP) is 2.46. The smallest absolute Gasteiger partial charge is 0.227 e. The van der Waals surface area contributed by atoms with E-state index >= 15 is 0 Å². The van der Waals surface area contributed by atoms with Crippen molar-refractivity contribution in [2.75, 3.05) is 26.3 Å². The average Bonchev–Trinajstić information content (AvgIpc) is 2.42. The molecule has 0 bridgehead atoms. The number of amides is 1. The normalized spacial score (nSPS) is 11.6. The minimum atomic E-state index is -0.382. The van der Waals surface area contributed by atoms with E-state index in [4.69, 9.17) is 10.5 Å². The molecule has 0 heterocycles. The number of carbonyl (C=O) groups is 1. The molecule has 0 aromatic carbocycles.